The van der Waals surface area contributed by atoms with Crippen LogP contribution in [0.4, 0.5) is 0 Å². The summed E-state index contributed by atoms with van der Waals surface area (Å²) in [6.45, 7) is 0. The molecule has 0 nitrogen and oxygen atoms in total. The van der Waals surface area contributed by atoms with E-state index in [-0.39, 0.29) is 0 Å². The van der Waals surface area contributed by atoms with E-state index in [1.54, 1.807) is 0 Å². The van der Waals surface area contributed by atoms with Crippen molar-refractivity contribution in [3.63, 3.8) is 0 Å². The Kier molecular flexibility index (Phi) is 4.13. The van der Waals surface area contributed by atoms with Gasteiger partial charge >= 0.3 is 62.3 Å². The molecule has 5 heavy (non-hydrogen) atoms. The molecule has 5 heteroatoms. The van der Waals surface area contributed by atoms with E-state index < -0.39 is 5.77 Å². The Hall–Kier alpha value is 2.53. The Morgan fingerprint density at radius 1 is 1.20 bits per heavy atom. The van der Waals surface area contributed by atoms with Gasteiger partial charge in [0, 0.05) is 0 Å². The van der Waals surface area contributed by atoms with Crippen molar-refractivity contribution >= 4 is 62.3 Å². The minimum absolute atomic E-state index is 0.938. The predicted octanol–water partition coefficient (Wildman–Crippen LogP) is 0.972. The van der Waals surface area contributed by atoms with E-state index in [1.165, 1.54) is 0 Å². The second-order valence-corrected chi connectivity index (χ2v) is 110. The first-order valence-corrected chi connectivity index (χ1v) is 28.8. The van der Waals surface area contributed by atoms with Crippen LogP contribution in [0.5, 0.6) is 0 Å². The minimum atomic E-state index is -1.38. The molecule has 0 spiro atoms. The molecule has 0 radical (unpaired) electrons. The first-order valence-electron chi connectivity index (χ1n) is 1.07. The number of rotatable bonds is 0. The van der Waals surface area contributed by atoms with Gasteiger partial charge < -0.3 is 0 Å². The Bertz CT molecular complexity index is 20.4. The van der Waals surface area contributed by atoms with E-state index in [0.29, 0.717) is 0 Å². The zero-order chi connectivity index (χ0) is 4.50. The van der Waals surface area contributed by atoms with Crippen LogP contribution < -0.4 is 0 Å². The van der Waals surface area contributed by atoms with Crippen molar-refractivity contribution in [2.75, 3.05) is 0 Å². The van der Waals surface area contributed by atoms with E-state index in [2.05, 4.69) is 42.0 Å². The normalized spacial score (nSPS) is 12.6. The summed E-state index contributed by atoms with van der Waals surface area (Å²) < 4.78 is 0. The van der Waals surface area contributed by atoms with E-state index in [9.17, 15) is 0 Å². The van der Waals surface area contributed by atoms with Gasteiger partial charge in [-0.1, -0.05) is 0 Å². The number of hydrogen-bond acceptors (Lipinski definition) is 0. The van der Waals surface area contributed by atoms with E-state index in [1.807, 2.05) is 0 Å². The SMILES string of the molecule is [GeH3][Ge]([Br])([Br])[Br]. The first kappa shape index (κ1) is 7.53. The fourth-order valence-corrected chi connectivity index (χ4v) is 0. The molecule has 32 valence electrons. The molecule has 0 aromatic rings. The summed E-state index contributed by atoms with van der Waals surface area (Å²) in [4.78, 5) is 0. The fourth-order valence-electron chi connectivity index (χ4n) is 0. The Morgan fingerprint density at radius 2 is 1.20 bits per heavy atom. The molecule has 0 aliphatic heterocycles. The van der Waals surface area contributed by atoms with Crippen molar-refractivity contribution in [3.05, 3.63) is 0 Å². The molecule has 0 aromatic heterocycles. The Morgan fingerprint density at radius 3 is 1.20 bits per heavy atom. The molecule has 0 rings (SSSR count). The van der Waals surface area contributed by atoms with Gasteiger partial charge in [-0.15, -0.1) is 0 Å². The summed E-state index contributed by atoms with van der Waals surface area (Å²) in [5.74, 6) is -1.38. The molecule has 0 aromatic carbocycles. The molecule has 0 atom stereocenters. The van der Waals surface area contributed by atoms with Crippen LogP contribution in [-0.2, 0) is 0 Å². The monoisotopic (exact) mass is 388 g/mol. The molecule has 0 bridgehead atoms. The molecule has 0 unspecified atom stereocenters. The van der Waals surface area contributed by atoms with E-state index >= 15 is 0 Å². The molecule has 0 saturated carbocycles. The van der Waals surface area contributed by atoms with Crippen LogP contribution in [0.25, 0.3) is 0 Å². The first-order chi connectivity index (χ1) is 2.00. The summed E-state index contributed by atoms with van der Waals surface area (Å²) in [6.07, 6.45) is 0. The van der Waals surface area contributed by atoms with Gasteiger partial charge in [0.15, 0.2) is 0 Å². The van der Waals surface area contributed by atoms with Gasteiger partial charge in [0.05, 0.1) is 0 Å². The third-order valence-corrected chi connectivity index (χ3v) is 0. The van der Waals surface area contributed by atoms with Gasteiger partial charge in [-0.2, -0.15) is 0 Å². The molecule has 0 aliphatic rings. The number of halogens is 3. The molecule has 0 saturated heterocycles. The summed E-state index contributed by atoms with van der Waals surface area (Å²) in [5, 5.41) is 0. The van der Waals surface area contributed by atoms with Crippen LogP contribution in [0.15, 0.2) is 0 Å². The zero-order valence-corrected chi connectivity index (χ0v) is 13.7. The van der Waals surface area contributed by atoms with Crippen LogP contribution in [0.2, 0.25) is 0 Å². The predicted molar refractivity (Wildman–Crippen MR) is 42.5 cm³/mol. The molecule has 0 N–H and O–H groups in total. The maximum absolute atomic E-state index is 3.48. The summed E-state index contributed by atoms with van der Waals surface area (Å²) in [7, 11) is 0. The molecular weight excluding hydrogens is 385 g/mol. The average molecular weight is 388 g/mol. The topological polar surface area (TPSA) is 0 Å². The van der Waals surface area contributed by atoms with E-state index in [4.69, 9.17) is 0 Å². The third-order valence-electron chi connectivity index (χ3n) is 0. The Balaban J connectivity index is 3.02. The summed E-state index contributed by atoms with van der Waals surface area (Å²) in [6, 6.07) is 0. The number of hydrogen-bond donors (Lipinski definition) is 0. The van der Waals surface area contributed by atoms with Crippen molar-refractivity contribution in [1.29, 1.82) is 0 Å². The van der Waals surface area contributed by atoms with Gasteiger partial charge in [-0.05, 0) is 0 Å². The van der Waals surface area contributed by atoms with Crippen molar-refractivity contribution < 1.29 is 0 Å². The molecule has 0 amide bonds. The molecule has 0 heterocycles. The van der Waals surface area contributed by atoms with Crippen LogP contribution >= 0.6 is 42.0 Å². The van der Waals surface area contributed by atoms with Crippen LogP contribution in [0, 0.1) is 0 Å². The van der Waals surface area contributed by atoms with Gasteiger partial charge in [0.2, 0.25) is 0 Å². The standard InChI is InChI=1S/Br3Ge2H3/c1-5(2,3)4/h4H3. The quantitative estimate of drug-likeness (QED) is 0.543. The molecular formula is H3Br3Ge2. The fraction of sp³-hybridized carbons (Fsp3) is 0. The van der Waals surface area contributed by atoms with Crippen molar-refractivity contribution in [3.8, 4) is 0 Å². The van der Waals surface area contributed by atoms with Crippen LogP contribution in [-0.4, -0.2) is 20.3 Å². The zero-order valence-electron chi connectivity index (χ0n) is 2.63. The summed E-state index contributed by atoms with van der Waals surface area (Å²) in [5.41, 5.74) is 0. The van der Waals surface area contributed by atoms with E-state index in [0.717, 1.165) is 14.5 Å². The van der Waals surface area contributed by atoms with Crippen molar-refractivity contribution in [2.24, 2.45) is 0 Å². The van der Waals surface area contributed by atoms with Crippen LogP contribution in [0.3, 0.4) is 0 Å². The molecule has 0 aliphatic carbocycles. The van der Waals surface area contributed by atoms with Gasteiger partial charge in [0.25, 0.3) is 0 Å². The summed E-state index contributed by atoms with van der Waals surface area (Å²) >= 11 is 11.4. The van der Waals surface area contributed by atoms with Gasteiger partial charge in [-0.3, -0.25) is 0 Å². The van der Waals surface area contributed by atoms with Crippen molar-refractivity contribution in [2.45, 2.75) is 0 Å². The van der Waals surface area contributed by atoms with Crippen LogP contribution in [0.1, 0.15) is 0 Å². The molecule has 0 fully saturated rings. The third kappa shape index (κ3) is 21.0. The van der Waals surface area contributed by atoms with Crippen molar-refractivity contribution in [1.82, 2.24) is 0 Å². The second-order valence-electron chi connectivity index (χ2n) is 0.781. The average Bonchev–Trinajstić information content (AvgIpc) is 0.722. The Labute approximate surface area is 61.3 Å². The van der Waals surface area contributed by atoms with Gasteiger partial charge in [0.1, 0.15) is 0 Å². The maximum atomic E-state index is 3.48. The second kappa shape index (κ2) is 2.74. The van der Waals surface area contributed by atoms with Gasteiger partial charge in [-0.25, -0.2) is 0 Å².